The Morgan fingerprint density at radius 1 is 0.581 bits per heavy atom. The third-order valence-corrected chi connectivity index (χ3v) is 7.36. The van der Waals surface area contributed by atoms with Crippen molar-refractivity contribution in [3.63, 3.8) is 0 Å². The first kappa shape index (κ1) is 26.0. The second kappa shape index (κ2) is 10.8. The molecule has 0 amide bonds. The zero-order chi connectivity index (χ0) is 29.3. The number of hydrogen-bond donors (Lipinski definition) is 1. The summed E-state index contributed by atoms with van der Waals surface area (Å²) in [5, 5.41) is 32.4. The quantitative estimate of drug-likeness (QED) is 0.167. The average Bonchev–Trinajstić information content (AvgIpc) is 3.04. The van der Waals surface area contributed by atoms with Gasteiger partial charge in [-0.05, 0) is 66.6 Å². The molecular weight excluding hydrogens is 536 g/mol. The molecule has 0 saturated carbocycles. The van der Waals surface area contributed by atoms with Crippen molar-refractivity contribution < 1.29 is 9.52 Å². The number of azo groups is 2. The topological polar surface area (TPSA) is 99.9 Å². The molecule has 206 valence electrons. The maximum Gasteiger partial charge on any atom is 0.344 e. The van der Waals surface area contributed by atoms with Crippen molar-refractivity contribution in [1.29, 1.82) is 0 Å². The average molecular weight is 561 g/mol. The molecule has 0 radical (unpaired) electrons. The summed E-state index contributed by atoms with van der Waals surface area (Å²) in [4.78, 5) is 12.7. The van der Waals surface area contributed by atoms with Gasteiger partial charge in [-0.1, -0.05) is 72.8 Å². The monoisotopic (exact) mass is 560 g/mol. The van der Waals surface area contributed by atoms with Gasteiger partial charge in [0.15, 0.2) is 0 Å². The van der Waals surface area contributed by atoms with Crippen molar-refractivity contribution in [3.05, 3.63) is 137 Å². The maximum absolute atomic E-state index is 12.7. The molecule has 6 aromatic carbocycles. The number of aromatic hydroxyl groups is 1. The highest BCUT2D eigenvalue weighted by molar-refractivity contribution is 6.00. The van der Waals surface area contributed by atoms with Crippen molar-refractivity contribution in [2.75, 3.05) is 0 Å². The number of rotatable bonds is 5. The predicted octanol–water partition coefficient (Wildman–Crippen LogP) is 10.6. The van der Waals surface area contributed by atoms with Crippen molar-refractivity contribution in [1.82, 2.24) is 0 Å². The Labute approximate surface area is 246 Å². The number of phenolic OH excluding ortho intramolecular Hbond substituents is 1. The summed E-state index contributed by atoms with van der Waals surface area (Å²) in [6.07, 6.45) is 0. The first-order valence-electron chi connectivity index (χ1n) is 13.7. The number of benzene rings is 6. The zero-order valence-corrected chi connectivity index (χ0v) is 23.1. The third kappa shape index (κ3) is 5.04. The maximum atomic E-state index is 12.7. The smallest absolute Gasteiger partial charge is 0.344 e. The number of fused-ring (bicyclic) bond motifs is 3. The third-order valence-electron chi connectivity index (χ3n) is 7.36. The first-order valence-corrected chi connectivity index (χ1v) is 13.7. The lowest BCUT2D eigenvalue weighted by Crippen LogP contribution is -2.02. The highest BCUT2D eigenvalue weighted by Gasteiger charge is 2.10. The fourth-order valence-electron chi connectivity index (χ4n) is 5.14. The van der Waals surface area contributed by atoms with Crippen LogP contribution in [0.1, 0.15) is 5.56 Å². The number of aryl methyl sites for hydroxylation is 1. The molecule has 0 atom stereocenters. The number of nitrogens with zero attached hydrogens (tertiary/aromatic N) is 4. The van der Waals surface area contributed by atoms with Crippen LogP contribution in [0.15, 0.2) is 151 Å². The summed E-state index contributed by atoms with van der Waals surface area (Å²) < 4.78 is 5.56. The van der Waals surface area contributed by atoms with Crippen LogP contribution in [0.4, 0.5) is 22.7 Å². The van der Waals surface area contributed by atoms with Crippen molar-refractivity contribution >= 4 is 55.3 Å². The van der Waals surface area contributed by atoms with Crippen molar-refractivity contribution in [2.24, 2.45) is 20.5 Å². The van der Waals surface area contributed by atoms with Crippen LogP contribution >= 0.6 is 0 Å². The highest BCUT2D eigenvalue weighted by Crippen LogP contribution is 2.37. The van der Waals surface area contributed by atoms with Gasteiger partial charge >= 0.3 is 5.63 Å². The molecule has 7 aromatic rings. The Morgan fingerprint density at radius 2 is 1.14 bits per heavy atom. The van der Waals surface area contributed by atoms with Gasteiger partial charge in [0.1, 0.15) is 11.3 Å². The normalized spacial score (nSPS) is 11.8. The van der Waals surface area contributed by atoms with Gasteiger partial charge in [-0.2, -0.15) is 5.11 Å². The standard InChI is InChI=1S/C36H24N4O3/c1-22-10-11-24-21-30(36(42)43-35(24)20-22)23-12-14-25(15-13-23)37-38-31-16-17-32(27-7-3-2-6-26(27)31)39-40-33-18-19-34(41)29-9-5-4-8-28(29)33/h2-21,41H,1H3. The van der Waals surface area contributed by atoms with E-state index in [1.807, 2.05) is 116 Å². The Kier molecular flexibility index (Phi) is 6.52. The van der Waals surface area contributed by atoms with E-state index in [1.54, 1.807) is 12.1 Å². The molecule has 0 aliphatic carbocycles. The van der Waals surface area contributed by atoms with Gasteiger partial charge in [-0.25, -0.2) is 4.79 Å². The van der Waals surface area contributed by atoms with E-state index in [1.165, 1.54) is 0 Å². The van der Waals surface area contributed by atoms with E-state index in [9.17, 15) is 9.90 Å². The van der Waals surface area contributed by atoms with Gasteiger partial charge in [0.05, 0.1) is 28.3 Å². The fraction of sp³-hybridized carbons (Fsp3) is 0.0278. The molecule has 7 rings (SSSR count). The molecule has 0 spiro atoms. The zero-order valence-electron chi connectivity index (χ0n) is 23.1. The summed E-state index contributed by atoms with van der Waals surface area (Å²) in [5.41, 5.74) is 5.18. The van der Waals surface area contributed by atoms with E-state index in [4.69, 9.17) is 4.42 Å². The molecule has 0 aliphatic rings. The molecule has 0 fully saturated rings. The lowest BCUT2D eigenvalue weighted by Gasteiger charge is -2.06. The SMILES string of the molecule is Cc1ccc2cc(-c3ccc(N=Nc4ccc(N=Nc5ccc(O)c6ccccc56)c5ccccc45)cc3)c(=O)oc2c1. The van der Waals surface area contributed by atoms with E-state index in [0.29, 0.717) is 33.9 Å². The van der Waals surface area contributed by atoms with Gasteiger partial charge in [0.25, 0.3) is 0 Å². The summed E-state index contributed by atoms with van der Waals surface area (Å²) in [6.45, 7) is 1.96. The van der Waals surface area contributed by atoms with Crippen LogP contribution in [0.3, 0.4) is 0 Å². The second-order valence-corrected chi connectivity index (χ2v) is 10.2. The molecule has 1 N–H and O–H groups in total. The van der Waals surface area contributed by atoms with Crippen LogP contribution < -0.4 is 5.63 Å². The lowest BCUT2D eigenvalue weighted by molar-refractivity contribution is 0.481. The molecule has 0 bridgehead atoms. The summed E-state index contributed by atoms with van der Waals surface area (Å²) in [5.74, 6) is 0.207. The van der Waals surface area contributed by atoms with Gasteiger partial charge < -0.3 is 9.52 Å². The van der Waals surface area contributed by atoms with E-state index in [0.717, 1.165) is 38.1 Å². The first-order chi connectivity index (χ1) is 21.0. The van der Waals surface area contributed by atoms with Crippen LogP contribution in [-0.4, -0.2) is 5.11 Å². The minimum atomic E-state index is -0.380. The van der Waals surface area contributed by atoms with E-state index >= 15 is 0 Å². The van der Waals surface area contributed by atoms with Crippen LogP contribution in [0.2, 0.25) is 0 Å². The molecule has 43 heavy (non-hydrogen) atoms. The lowest BCUT2D eigenvalue weighted by atomic mass is 10.1. The Morgan fingerprint density at radius 3 is 1.79 bits per heavy atom. The minimum absolute atomic E-state index is 0.207. The Balaban J connectivity index is 1.17. The second-order valence-electron chi connectivity index (χ2n) is 10.2. The molecule has 1 heterocycles. The van der Waals surface area contributed by atoms with Crippen molar-refractivity contribution in [2.45, 2.75) is 6.92 Å². The molecule has 7 heteroatoms. The van der Waals surface area contributed by atoms with E-state index in [-0.39, 0.29) is 11.4 Å². The molecule has 1 aromatic heterocycles. The van der Waals surface area contributed by atoms with Gasteiger partial charge in [-0.15, -0.1) is 15.3 Å². The summed E-state index contributed by atoms with van der Waals surface area (Å²) in [7, 11) is 0. The molecule has 0 unspecified atom stereocenters. The summed E-state index contributed by atoms with van der Waals surface area (Å²) >= 11 is 0. The molecular formula is C36H24N4O3. The van der Waals surface area contributed by atoms with Crippen molar-refractivity contribution in [3.8, 4) is 16.9 Å². The van der Waals surface area contributed by atoms with Gasteiger partial charge in [0, 0.05) is 26.9 Å². The van der Waals surface area contributed by atoms with E-state index in [2.05, 4.69) is 20.5 Å². The Bertz CT molecular complexity index is 2290. The van der Waals surface area contributed by atoms with Crippen LogP contribution in [0.5, 0.6) is 5.75 Å². The predicted molar refractivity (Wildman–Crippen MR) is 171 cm³/mol. The highest BCUT2D eigenvalue weighted by atomic mass is 16.4. The Hall–Kier alpha value is -5.95. The molecule has 7 nitrogen and oxygen atoms in total. The van der Waals surface area contributed by atoms with Crippen LogP contribution in [0.25, 0.3) is 43.6 Å². The van der Waals surface area contributed by atoms with Gasteiger partial charge in [-0.3, -0.25) is 0 Å². The summed E-state index contributed by atoms with van der Waals surface area (Å²) in [6, 6.07) is 37.5. The van der Waals surface area contributed by atoms with Crippen LogP contribution in [0, 0.1) is 6.92 Å². The largest absolute Gasteiger partial charge is 0.507 e. The van der Waals surface area contributed by atoms with Crippen LogP contribution in [-0.2, 0) is 0 Å². The number of phenols is 1. The minimum Gasteiger partial charge on any atom is -0.507 e. The molecule has 0 saturated heterocycles. The molecule has 0 aliphatic heterocycles. The fourth-order valence-corrected chi connectivity index (χ4v) is 5.14. The number of hydrogen-bond acceptors (Lipinski definition) is 7. The van der Waals surface area contributed by atoms with E-state index < -0.39 is 0 Å². The van der Waals surface area contributed by atoms with Gasteiger partial charge in [0.2, 0.25) is 0 Å².